The second-order valence-corrected chi connectivity index (χ2v) is 8.19. The summed E-state index contributed by atoms with van der Waals surface area (Å²) in [5, 5.41) is 0. The standard InChI is InChI=1S/C24H36N6O5/c1-5-28(6-2)19(31)16-27(3)17-20(32)29(13-10-14-35-4)21-22(25)30(24(34)26-23(21)33)15-18-11-8-7-9-12-18/h7-9,11-12H,5-6,10,13-17,25H2,1-4H3,(H,26,33,34). The second kappa shape index (κ2) is 13.4. The normalized spacial score (nSPS) is 11.0. The summed E-state index contributed by atoms with van der Waals surface area (Å²) >= 11 is 0. The topological polar surface area (TPSA) is 134 Å². The molecule has 11 nitrogen and oxygen atoms in total. The quantitative estimate of drug-likeness (QED) is 0.388. The van der Waals surface area contributed by atoms with Crippen LogP contribution >= 0.6 is 0 Å². The number of hydrogen-bond donors (Lipinski definition) is 2. The minimum Gasteiger partial charge on any atom is -0.385 e. The molecule has 0 spiro atoms. The number of methoxy groups -OCH3 is 1. The van der Waals surface area contributed by atoms with E-state index in [0.29, 0.717) is 26.1 Å². The predicted octanol–water partition coefficient (Wildman–Crippen LogP) is 0.337. The van der Waals surface area contributed by atoms with Crippen LogP contribution in [-0.4, -0.2) is 84.7 Å². The first kappa shape index (κ1) is 27.8. The van der Waals surface area contributed by atoms with Crippen LogP contribution in [0, 0.1) is 0 Å². The number of nitrogens with one attached hydrogen (secondary N) is 1. The Hall–Kier alpha value is -3.44. The minimum atomic E-state index is -0.746. The number of amides is 2. The maximum Gasteiger partial charge on any atom is 0.330 e. The van der Waals surface area contributed by atoms with Crippen LogP contribution in [0.15, 0.2) is 39.9 Å². The SMILES string of the molecule is CCN(CC)C(=O)CN(C)CC(=O)N(CCCOC)c1c(N)n(Cc2ccccc2)c(=O)[nH]c1=O. The number of aromatic amines is 1. The van der Waals surface area contributed by atoms with Gasteiger partial charge in [0.05, 0.1) is 19.6 Å². The van der Waals surface area contributed by atoms with E-state index in [2.05, 4.69) is 4.98 Å². The van der Waals surface area contributed by atoms with Gasteiger partial charge in [0.2, 0.25) is 11.8 Å². The van der Waals surface area contributed by atoms with E-state index in [0.717, 1.165) is 5.56 Å². The first-order valence-electron chi connectivity index (χ1n) is 11.7. The van der Waals surface area contributed by atoms with Crippen molar-refractivity contribution in [2.75, 3.05) is 64.1 Å². The van der Waals surface area contributed by atoms with Crippen molar-refractivity contribution in [2.45, 2.75) is 26.8 Å². The smallest absolute Gasteiger partial charge is 0.330 e. The maximum atomic E-state index is 13.3. The van der Waals surface area contributed by atoms with Crippen LogP contribution in [0.3, 0.4) is 0 Å². The largest absolute Gasteiger partial charge is 0.385 e. The highest BCUT2D eigenvalue weighted by Gasteiger charge is 2.25. The molecular weight excluding hydrogens is 452 g/mol. The zero-order chi connectivity index (χ0) is 26.0. The highest BCUT2D eigenvalue weighted by atomic mass is 16.5. The lowest BCUT2D eigenvalue weighted by Crippen LogP contribution is -2.47. The Morgan fingerprint density at radius 2 is 1.69 bits per heavy atom. The first-order chi connectivity index (χ1) is 16.7. The lowest BCUT2D eigenvalue weighted by Gasteiger charge is -2.27. The van der Waals surface area contributed by atoms with E-state index >= 15 is 0 Å². The molecular formula is C24H36N6O5. The number of likely N-dealkylation sites (N-methyl/N-ethyl adjacent to an activating group) is 2. The monoisotopic (exact) mass is 488 g/mol. The molecule has 0 atom stereocenters. The summed E-state index contributed by atoms with van der Waals surface area (Å²) in [7, 11) is 3.20. The molecule has 0 bridgehead atoms. The van der Waals surface area contributed by atoms with Gasteiger partial charge in [-0.3, -0.25) is 28.8 Å². The summed E-state index contributed by atoms with van der Waals surface area (Å²) in [6.45, 7) is 5.53. The van der Waals surface area contributed by atoms with E-state index in [9.17, 15) is 19.2 Å². The van der Waals surface area contributed by atoms with Gasteiger partial charge in [-0.05, 0) is 32.9 Å². The van der Waals surface area contributed by atoms with Gasteiger partial charge in [0.25, 0.3) is 5.56 Å². The number of aromatic nitrogens is 2. The van der Waals surface area contributed by atoms with E-state index < -0.39 is 17.2 Å². The summed E-state index contributed by atoms with van der Waals surface area (Å²) in [4.78, 5) is 58.0. The Balaban J connectivity index is 2.36. The first-order valence-corrected chi connectivity index (χ1v) is 11.7. The van der Waals surface area contributed by atoms with Gasteiger partial charge in [-0.25, -0.2) is 4.79 Å². The lowest BCUT2D eigenvalue weighted by atomic mass is 10.2. The molecule has 0 radical (unpaired) electrons. The fraction of sp³-hybridized carbons (Fsp3) is 0.500. The van der Waals surface area contributed by atoms with Crippen LogP contribution in [0.4, 0.5) is 11.5 Å². The van der Waals surface area contributed by atoms with Crippen molar-refractivity contribution < 1.29 is 14.3 Å². The molecule has 2 aromatic rings. The molecule has 0 aliphatic heterocycles. The van der Waals surface area contributed by atoms with Crippen LogP contribution in [0.5, 0.6) is 0 Å². The number of nitrogens with zero attached hydrogens (tertiary/aromatic N) is 4. The van der Waals surface area contributed by atoms with Crippen LogP contribution in [0.1, 0.15) is 25.8 Å². The Bertz CT molecular complexity index is 1090. The molecule has 35 heavy (non-hydrogen) atoms. The third kappa shape index (κ3) is 7.52. The summed E-state index contributed by atoms with van der Waals surface area (Å²) < 4.78 is 6.34. The molecule has 1 aromatic heterocycles. The molecule has 3 N–H and O–H groups in total. The zero-order valence-electron chi connectivity index (χ0n) is 21.0. The lowest BCUT2D eigenvalue weighted by molar-refractivity contribution is -0.132. The van der Waals surface area contributed by atoms with E-state index in [-0.39, 0.29) is 43.6 Å². The molecule has 11 heteroatoms. The van der Waals surface area contributed by atoms with Gasteiger partial charge in [-0.1, -0.05) is 30.3 Å². The van der Waals surface area contributed by atoms with Crippen LogP contribution in [-0.2, 0) is 20.9 Å². The third-order valence-corrected chi connectivity index (χ3v) is 5.63. The number of hydrogen-bond acceptors (Lipinski definition) is 7. The van der Waals surface area contributed by atoms with Crippen molar-refractivity contribution in [1.82, 2.24) is 19.4 Å². The number of benzene rings is 1. The number of rotatable bonds is 13. The van der Waals surface area contributed by atoms with E-state index in [4.69, 9.17) is 10.5 Å². The number of carbonyl (C=O) groups is 2. The molecule has 1 aromatic carbocycles. The Kier molecular flexibility index (Phi) is 10.7. The van der Waals surface area contributed by atoms with Crippen molar-refractivity contribution in [2.24, 2.45) is 0 Å². The molecule has 0 fully saturated rings. The average molecular weight is 489 g/mol. The summed E-state index contributed by atoms with van der Waals surface area (Å²) in [6.07, 6.45) is 0.445. The van der Waals surface area contributed by atoms with Gasteiger partial charge in [0, 0.05) is 33.4 Å². The predicted molar refractivity (Wildman–Crippen MR) is 136 cm³/mol. The fourth-order valence-electron chi connectivity index (χ4n) is 3.77. The number of H-pyrrole nitrogens is 1. The number of anilines is 2. The number of ether oxygens (including phenoxy) is 1. The fourth-order valence-corrected chi connectivity index (χ4v) is 3.77. The third-order valence-electron chi connectivity index (χ3n) is 5.63. The maximum absolute atomic E-state index is 13.3. The van der Waals surface area contributed by atoms with Crippen LogP contribution < -0.4 is 21.9 Å². The van der Waals surface area contributed by atoms with Crippen molar-refractivity contribution in [3.8, 4) is 0 Å². The Labute approximate surface area is 205 Å². The van der Waals surface area contributed by atoms with Gasteiger partial charge in [-0.15, -0.1) is 0 Å². The van der Waals surface area contributed by atoms with Crippen LogP contribution in [0.2, 0.25) is 0 Å². The molecule has 2 rings (SSSR count). The second-order valence-electron chi connectivity index (χ2n) is 8.19. The van der Waals surface area contributed by atoms with Crippen molar-refractivity contribution in [1.29, 1.82) is 0 Å². The van der Waals surface area contributed by atoms with E-state index in [1.807, 2.05) is 44.2 Å². The number of nitrogen functional groups attached to an aromatic ring is 1. The average Bonchev–Trinajstić information content (AvgIpc) is 2.82. The minimum absolute atomic E-state index is 0.0542. The summed E-state index contributed by atoms with van der Waals surface area (Å²) in [5.74, 6) is -0.613. The number of carbonyl (C=O) groups excluding carboxylic acids is 2. The van der Waals surface area contributed by atoms with Crippen molar-refractivity contribution in [3.05, 3.63) is 56.7 Å². The van der Waals surface area contributed by atoms with Gasteiger partial charge in [-0.2, -0.15) is 0 Å². The highest BCUT2D eigenvalue weighted by Crippen LogP contribution is 2.19. The zero-order valence-corrected chi connectivity index (χ0v) is 21.0. The Morgan fingerprint density at radius 1 is 1.06 bits per heavy atom. The van der Waals surface area contributed by atoms with Crippen molar-refractivity contribution in [3.63, 3.8) is 0 Å². The molecule has 2 amide bonds. The van der Waals surface area contributed by atoms with Crippen LogP contribution in [0.25, 0.3) is 0 Å². The molecule has 0 unspecified atom stereocenters. The molecule has 0 aliphatic carbocycles. The van der Waals surface area contributed by atoms with Gasteiger partial charge >= 0.3 is 5.69 Å². The van der Waals surface area contributed by atoms with Gasteiger partial charge < -0.3 is 20.3 Å². The molecule has 1 heterocycles. The summed E-state index contributed by atoms with van der Waals surface area (Å²) in [6, 6.07) is 9.18. The molecule has 0 aliphatic rings. The summed E-state index contributed by atoms with van der Waals surface area (Å²) in [5.41, 5.74) is 5.62. The molecule has 0 saturated heterocycles. The molecule has 192 valence electrons. The van der Waals surface area contributed by atoms with Gasteiger partial charge in [0.15, 0.2) is 5.69 Å². The van der Waals surface area contributed by atoms with Crippen molar-refractivity contribution >= 4 is 23.3 Å². The Morgan fingerprint density at radius 3 is 2.29 bits per heavy atom. The highest BCUT2D eigenvalue weighted by molar-refractivity contribution is 5.97. The van der Waals surface area contributed by atoms with E-state index in [1.54, 1.807) is 24.0 Å². The number of nitrogens with two attached hydrogens (primary N) is 1. The molecule has 0 saturated carbocycles. The van der Waals surface area contributed by atoms with Gasteiger partial charge in [0.1, 0.15) is 5.82 Å². The van der Waals surface area contributed by atoms with E-state index in [1.165, 1.54) is 9.47 Å².